The Kier molecular flexibility index (Phi) is 5.12. The summed E-state index contributed by atoms with van der Waals surface area (Å²) in [7, 11) is 1.32. The molecule has 0 saturated carbocycles. The number of ketones is 1. The number of carbonyl (C=O) groups excluding carboxylic acids is 1. The number of hydrogen-bond acceptors (Lipinski definition) is 4. The average molecular weight is 282 g/mol. The van der Waals surface area contributed by atoms with Gasteiger partial charge >= 0.3 is 0 Å². The highest BCUT2D eigenvalue weighted by Crippen LogP contribution is 2.15. The highest BCUT2D eigenvalue weighted by Gasteiger charge is 2.02. The first kappa shape index (κ1) is 14.8. The van der Waals surface area contributed by atoms with Gasteiger partial charge in [0.15, 0.2) is 5.78 Å². The smallest absolute Gasteiger partial charge is 0.187 e. The molecule has 21 heavy (non-hydrogen) atoms. The van der Waals surface area contributed by atoms with E-state index < -0.39 is 0 Å². The molecule has 2 aromatic carbocycles. The van der Waals surface area contributed by atoms with E-state index in [2.05, 4.69) is 0 Å². The van der Waals surface area contributed by atoms with Crippen molar-refractivity contribution < 1.29 is 9.53 Å². The van der Waals surface area contributed by atoms with E-state index in [1.165, 1.54) is 19.3 Å². The Hall–Kier alpha value is -2.59. The first-order valence-corrected chi connectivity index (χ1v) is 6.54. The van der Waals surface area contributed by atoms with Crippen LogP contribution in [0.3, 0.4) is 0 Å². The van der Waals surface area contributed by atoms with Crippen molar-refractivity contribution in [3.8, 4) is 5.75 Å². The Bertz CT molecular complexity index is 604. The molecule has 0 bridgehead atoms. The van der Waals surface area contributed by atoms with E-state index in [4.69, 9.17) is 4.74 Å². The van der Waals surface area contributed by atoms with Gasteiger partial charge in [-0.25, -0.2) is 0 Å². The molecule has 0 heterocycles. The van der Waals surface area contributed by atoms with E-state index in [1.807, 2.05) is 30.3 Å². The SMILES string of the molecule is CN([O-])/C=C\C(=O)c1ccc(OCc2ccccc2)cc1. The van der Waals surface area contributed by atoms with Crippen LogP contribution in [0.1, 0.15) is 15.9 Å². The average Bonchev–Trinajstić information content (AvgIpc) is 2.52. The molecule has 0 saturated heterocycles. The largest absolute Gasteiger partial charge is 0.759 e. The number of hydroxylamine groups is 2. The normalized spacial score (nSPS) is 10.6. The van der Waals surface area contributed by atoms with Crippen LogP contribution in [0.2, 0.25) is 0 Å². The zero-order valence-electron chi connectivity index (χ0n) is 11.7. The van der Waals surface area contributed by atoms with Crippen LogP contribution >= 0.6 is 0 Å². The van der Waals surface area contributed by atoms with E-state index in [0.29, 0.717) is 23.0 Å². The molecule has 0 aromatic heterocycles. The van der Waals surface area contributed by atoms with Crippen LogP contribution in [0.5, 0.6) is 5.75 Å². The lowest BCUT2D eigenvalue weighted by Crippen LogP contribution is -2.01. The quantitative estimate of drug-likeness (QED) is 0.463. The van der Waals surface area contributed by atoms with Crippen molar-refractivity contribution in [2.75, 3.05) is 7.05 Å². The maximum absolute atomic E-state index is 11.7. The number of nitrogens with zero attached hydrogens (tertiary/aromatic N) is 1. The topological polar surface area (TPSA) is 52.6 Å². The van der Waals surface area contributed by atoms with E-state index in [9.17, 15) is 10.0 Å². The summed E-state index contributed by atoms with van der Waals surface area (Å²) in [6.07, 6.45) is 2.43. The Morgan fingerprint density at radius 3 is 2.43 bits per heavy atom. The molecule has 0 radical (unpaired) electrons. The molecule has 4 nitrogen and oxygen atoms in total. The van der Waals surface area contributed by atoms with Crippen LogP contribution in [0.25, 0.3) is 0 Å². The van der Waals surface area contributed by atoms with Gasteiger partial charge in [0.05, 0.1) is 0 Å². The molecule has 0 spiro atoms. The third-order valence-electron chi connectivity index (χ3n) is 2.82. The minimum absolute atomic E-state index is 0.215. The second kappa shape index (κ2) is 7.26. The van der Waals surface area contributed by atoms with Gasteiger partial charge in [-0.05, 0) is 43.1 Å². The van der Waals surface area contributed by atoms with E-state index in [1.54, 1.807) is 24.3 Å². The molecule has 0 aliphatic rings. The molecule has 0 unspecified atom stereocenters. The summed E-state index contributed by atoms with van der Waals surface area (Å²) >= 11 is 0. The molecule has 108 valence electrons. The summed E-state index contributed by atoms with van der Waals surface area (Å²) < 4.78 is 5.64. The Morgan fingerprint density at radius 2 is 1.81 bits per heavy atom. The fourth-order valence-electron chi connectivity index (χ4n) is 1.73. The van der Waals surface area contributed by atoms with Gasteiger partial charge in [-0.1, -0.05) is 30.3 Å². The van der Waals surface area contributed by atoms with Gasteiger partial charge in [0.2, 0.25) is 0 Å². The molecule has 0 aliphatic heterocycles. The molecule has 0 aliphatic carbocycles. The van der Waals surface area contributed by atoms with Gasteiger partial charge in [-0.15, -0.1) is 0 Å². The van der Waals surface area contributed by atoms with Crippen LogP contribution in [0, 0.1) is 5.21 Å². The van der Waals surface area contributed by atoms with E-state index in [0.717, 1.165) is 5.56 Å². The van der Waals surface area contributed by atoms with Crippen LogP contribution < -0.4 is 4.74 Å². The first-order valence-electron chi connectivity index (χ1n) is 6.54. The van der Waals surface area contributed by atoms with Crippen molar-refractivity contribution in [1.29, 1.82) is 0 Å². The van der Waals surface area contributed by atoms with Crippen LogP contribution in [0.15, 0.2) is 66.9 Å². The van der Waals surface area contributed by atoms with E-state index >= 15 is 0 Å². The van der Waals surface area contributed by atoms with E-state index in [-0.39, 0.29) is 5.78 Å². The van der Waals surface area contributed by atoms with Crippen molar-refractivity contribution in [3.05, 3.63) is 83.2 Å². The summed E-state index contributed by atoms with van der Waals surface area (Å²) in [6, 6.07) is 16.7. The standard InChI is InChI=1S/C17H16NO3/c1-18(20)12-11-17(19)15-7-9-16(10-8-15)21-13-14-5-3-2-4-6-14/h2-12H,13H2,1H3/q-1/b12-11-. The van der Waals surface area contributed by atoms with Crippen molar-refractivity contribution in [1.82, 2.24) is 5.06 Å². The lowest BCUT2D eigenvalue weighted by molar-refractivity contribution is 0.104. The van der Waals surface area contributed by atoms with Crippen LogP contribution in [-0.4, -0.2) is 17.9 Å². The summed E-state index contributed by atoms with van der Waals surface area (Å²) in [6.45, 7) is 0.481. The molecule has 2 aromatic rings. The predicted octanol–water partition coefficient (Wildman–Crippen LogP) is 3.39. The molecule has 0 N–H and O–H groups in total. The minimum Gasteiger partial charge on any atom is -0.759 e. The molecule has 2 rings (SSSR count). The van der Waals surface area contributed by atoms with Gasteiger partial charge in [-0.3, -0.25) is 4.79 Å². The Labute approximate surface area is 123 Å². The zero-order valence-corrected chi connectivity index (χ0v) is 11.7. The summed E-state index contributed by atoms with van der Waals surface area (Å²) in [4.78, 5) is 11.7. The number of carbonyl (C=O) groups is 1. The number of allylic oxidation sites excluding steroid dienone is 1. The number of rotatable bonds is 6. The van der Waals surface area contributed by atoms with Gasteiger partial charge < -0.3 is 15.0 Å². The first-order chi connectivity index (χ1) is 10.1. The zero-order chi connectivity index (χ0) is 15.1. The maximum Gasteiger partial charge on any atom is 0.187 e. The fraction of sp³-hybridized carbons (Fsp3) is 0.118. The third kappa shape index (κ3) is 4.78. The fourth-order valence-corrected chi connectivity index (χ4v) is 1.73. The monoisotopic (exact) mass is 282 g/mol. The van der Waals surface area contributed by atoms with Gasteiger partial charge in [0, 0.05) is 11.6 Å². The van der Waals surface area contributed by atoms with Crippen molar-refractivity contribution in [2.24, 2.45) is 0 Å². The molecule has 0 fully saturated rings. The second-order valence-electron chi connectivity index (χ2n) is 4.52. The minimum atomic E-state index is -0.215. The highest BCUT2D eigenvalue weighted by molar-refractivity contribution is 6.04. The Morgan fingerprint density at radius 1 is 1.14 bits per heavy atom. The summed E-state index contributed by atoms with van der Waals surface area (Å²) in [5, 5.41) is 11.3. The lowest BCUT2D eigenvalue weighted by atomic mass is 10.1. The van der Waals surface area contributed by atoms with Gasteiger partial charge in [0.25, 0.3) is 0 Å². The second-order valence-corrected chi connectivity index (χ2v) is 4.52. The third-order valence-corrected chi connectivity index (χ3v) is 2.82. The van der Waals surface area contributed by atoms with Gasteiger partial charge in [0.1, 0.15) is 12.4 Å². The number of hydrogen-bond donors (Lipinski definition) is 0. The van der Waals surface area contributed by atoms with Gasteiger partial charge in [-0.2, -0.15) is 0 Å². The summed E-state index contributed by atoms with van der Waals surface area (Å²) in [5.74, 6) is 0.479. The van der Waals surface area contributed by atoms with Crippen molar-refractivity contribution >= 4 is 5.78 Å². The van der Waals surface area contributed by atoms with Crippen LogP contribution in [0.4, 0.5) is 0 Å². The molecular weight excluding hydrogens is 266 g/mol. The number of ether oxygens (including phenoxy) is 1. The Balaban J connectivity index is 1.94. The maximum atomic E-state index is 11.7. The molecule has 0 atom stereocenters. The predicted molar refractivity (Wildman–Crippen MR) is 81.8 cm³/mol. The molecular formula is C17H16NO3-. The van der Waals surface area contributed by atoms with Crippen molar-refractivity contribution in [3.63, 3.8) is 0 Å². The van der Waals surface area contributed by atoms with Crippen LogP contribution in [-0.2, 0) is 6.61 Å². The molecule has 4 heteroatoms. The van der Waals surface area contributed by atoms with Crippen molar-refractivity contribution in [2.45, 2.75) is 6.61 Å². The highest BCUT2D eigenvalue weighted by atomic mass is 16.5. The lowest BCUT2D eigenvalue weighted by Gasteiger charge is -2.17. The summed E-state index contributed by atoms with van der Waals surface area (Å²) in [5.41, 5.74) is 1.60. The molecule has 0 amide bonds. The number of benzene rings is 2.